The molecule has 0 amide bonds. The van der Waals surface area contributed by atoms with E-state index in [1.807, 2.05) is 13.8 Å². The first-order chi connectivity index (χ1) is 10.7. The maximum atomic E-state index is 12.4. The average Bonchev–Trinajstić information content (AvgIpc) is 2.81. The van der Waals surface area contributed by atoms with Crippen molar-refractivity contribution in [1.29, 1.82) is 0 Å². The number of Topliss-reactive ketones (excluding diaryl/α,β-unsaturated/α-hetero) is 1. The molecule has 0 saturated carbocycles. The summed E-state index contributed by atoms with van der Waals surface area (Å²) < 4.78 is 15.4. The number of rotatable bonds is 4. The minimum Gasteiger partial charge on any atom is -0.478 e. The molecule has 7 heteroatoms. The van der Waals surface area contributed by atoms with Crippen molar-refractivity contribution in [2.45, 2.75) is 52.2 Å². The van der Waals surface area contributed by atoms with E-state index in [1.54, 1.807) is 13.8 Å². The van der Waals surface area contributed by atoms with Crippen LogP contribution < -0.4 is 0 Å². The molecule has 1 heterocycles. The number of ether oxygens (including phenoxy) is 3. The third kappa shape index (κ3) is 2.63. The van der Waals surface area contributed by atoms with Gasteiger partial charge in [-0.1, -0.05) is 13.8 Å². The summed E-state index contributed by atoms with van der Waals surface area (Å²) in [5.74, 6) is -2.22. The molecule has 0 bridgehead atoms. The zero-order chi connectivity index (χ0) is 17.4. The predicted octanol–water partition coefficient (Wildman–Crippen LogP) is 0.886. The van der Waals surface area contributed by atoms with Crippen LogP contribution in [0.1, 0.15) is 40.5 Å². The molecular formula is C16H22O7. The maximum Gasteiger partial charge on any atom is 0.351 e. The fraction of sp³-hybridized carbons (Fsp3) is 0.688. The maximum absolute atomic E-state index is 12.4. The Hall–Kier alpha value is -1.89. The lowest BCUT2D eigenvalue weighted by Gasteiger charge is -2.30. The van der Waals surface area contributed by atoms with Crippen LogP contribution in [0, 0.1) is 5.41 Å². The first kappa shape index (κ1) is 17.5. The van der Waals surface area contributed by atoms with E-state index in [1.165, 1.54) is 0 Å². The minimum atomic E-state index is -2.47. The van der Waals surface area contributed by atoms with Gasteiger partial charge in [-0.25, -0.2) is 9.59 Å². The van der Waals surface area contributed by atoms with E-state index in [9.17, 15) is 19.5 Å². The molecule has 0 unspecified atom stereocenters. The summed E-state index contributed by atoms with van der Waals surface area (Å²) in [6, 6.07) is 0. The van der Waals surface area contributed by atoms with Crippen molar-refractivity contribution in [3.8, 4) is 0 Å². The predicted molar refractivity (Wildman–Crippen MR) is 78.1 cm³/mol. The van der Waals surface area contributed by atoms with Crippen LogP contribution >= 0.6 is 0 Å². The van der Waals surface area contributed by atoms with Gasteiger partial charge in [-0.15, -0.1) is 0 Å². The number of hydrogen-bond acceptors (Lipinski definition) is 7. The summed E-state index contributed by atoms with van der Waals surface area (Å²) in [5, 5.41) is 11.0. The number of carbonyl (C=O) groups is 3. The van der Waals surface area contributed by atoms with Crippen LogP contribution in [-0.2, 0) is 28.6 Å². The number of aliphatic hydroxyl groups is 1. The second-order valence-corrected chi connectivity index (χ2v) is 6.25. The zero-order valence-electron chi connectivity index (χ0n) is 13.8. The molecule has 7 nitrogen and oxygen atoms in total. The molecule has 0 aromatic heterocycles. The topological polar surface area (TPSA) is 99.1 Å². The van der Waals surface area contributed by atoms with Crippen LogP contribution in [0.15, 0.2) is 11.3 Å². The Morgan fingerprint density at radius 1 is 1.26 bits per heavy atom. The normalized spacial score (nSPS) is 28.9. The number of allylic oxidation sites excluding steroid dienone is 1. The van der Waals surface area contributed by atoms with E-state index in [-0.39, 0.29) is 31.0 Å². The highest BCUT2D eigenvalue weighted by molar-refractivity contribution is 6.09. The SMILES string of the molecule is CCOC(=O)[C@H]1OC2=C(C(=O)CCC2(C)C)[C@]1(O)C(=O)OCC. The molecule has 0 aromatic carbocycles. The van der Waals surface area contributed by atoms with Crippen molar-refractivity contribution in [3.63, 3.8) is 0 Å². The highest BCUT2D eigenvalue weighted by atomic mass is 16.6. The molecule has 0 aromatic rings. The second kappa shape index (κ2) is 5.96. The van der Waals surface area contributed by atoms with Gasteiger partial charge in [0.25, 0.3) is 0 Å². The number of carbonyl (C=O) groups excluding carboxylic acids is 3. The van der Waals surface area contributed by atoms with E-state index < -0.39 is 34.8 Å². The zero-order valence-corrected chi connectivity index (χ0v) is 13.8. The van der Waals surface area contributed by atoms with E-state index in [0.29, 0.717) is 6.42 Å². The standard InChI is InChI=1S/C16H22O7/c1-5-21-13(18)12-16(20,14(19)22-6-2)10-9(17)7-8-15(3,4)11(10)23-12/h12,20H,5-8H2,1-4H3/t12-,16-/m1/s1. The van der Waals surface area contributed by atoms with Gasteiger partial charge in [0.05, 0.1) is 18.8 Å². The van der Waals surface area contributed by atoms with E-state index in [2.05, 4.69) is 0 Å². The molecule has 0 radical (unpaired) electrons. The van der Waals surface area contributed by atoms with Gasteiger partial charge in [-0.3, -0.25) is 4.79 Å². The molecule has 1 aliphatic heterocycles. The first-order valence-corrected chi connectivity index (χ1v) is 7.71. The Bertz CT molecular complexity index is 575. The minimum absolute atomic E-state index is 0.00309. The molecule has 0 spiro atoms. The number of ketones is 1. The number of hydrogen-bond donors (Lipinski definition) is 1. The molecule has 0 fully saturated rings. The van der Waals surface area contributed by atoms with Crippen LogP contribution in [0.3, 0.4) is 0 Å². The van der Waals surface area contributed by atoms with Gasteiger partial charge in [0.15, 0.2) is 5.78 Å². The molecule has 2 aliphatic rings. The van der Waals surface area contributed by atoms with E-state index in [0.717, 1.165) is 0 Å². The lowest BCUT2D eigenvalue weighted by molar-refractivity contribution is -0.181. The molecule has 128 valence electrons. The van der Waals surface area contributed by atoms with Gasteiger partial charge in [-0.05, 0) is 20.3 Å². The highest BCUT2D eigenvalue weighted by Crippen LogP contribution is 2.49. The van der Waals surface area contributed by atoms with E-state index in [4.69, 9.17) is 14.2 Å². The van der Waals surface area contributed by atoms with Crippen molar-refractivity contribution < 1.29 is 33.7 Å². The second-order valence-electron chi connectivity index (χ2n) is 6.25. The van der Waals surface area contributed by atoms with Gasteiger partial charge in [0.1, 0.15) is 5.76 Å². The van der Waals surface area contributed by atoms with Gasteiger partial charge in [-0.2, -0.15) is 0 Å². The van der Waals surface area contributed by atoms with E-state index >= 15 is 0 Å². The highest BCUT2D eigenvalue weighted by Gasteiger charge is 2.65. The Kier molecular flexibility index (Phi) is 4.52. The Morgan fingerprint density at radius 3 is 2.43 bits per heavy atom. The lowest BCUT2D eigenvalue weighted by Crippen LogP contribution is -2.55. The molecule has 0 saturated heterocycles. The summed E-state index contributed by atoms with van der Waals surface area (Å²) in [7, 11) is 0. The van der Waals surface area contributed by atoms with Crippen molar-refractivity contribution in [3.05, 3.63) is 11.3 Å². The van der Waals surface area contributed by atoms with Gasteiger partial charge >= 0.3 is 11.9 Å². The van der Waals surface area contributed by atoms with Gasteiger partial charge in [0.2, 0.25) is 11.7 Å². The Labute approximate surface area is 134 Å². The van der Waals surface area contributed by atoms with Crippen LogP contribution in [-0.4, -0.2) is 47.7 Å². The molecule has 23 heavy (non-hydrogen) atoms. The summed E-state index contributed by atoms with van der Waals surface area (Å²) in [5.41, 5.74) is -3.22. The fourth-order valence-corrected chi connectivity index (χ4v) is 2.95. The van der Waals surface area contributed by atoms with Gasteiger partial charge < -0.3 is 19.3 Å². The molecule has 1 N–H and O–H groups in total. The van der Waals surface area contributed by atoms with Crippen molar-refractivity contribution in [1.82, 2.24) is 0 Å². The van der Waals surface area contributed by atoms with Crippen molar-refractivity contribution in [2.75, 3.05) is 13.2 Å². The molecule has 2 atom stereocenters. The van der Waals surface area contributed by atoms with Crippen LogP contribution in [0.5, 0.6) is 0 Å². The van der Waals surface area contributed by atoms with Crippen molar-refractivity contribution >= 4 is 17.7 Å². The quantitative estimate of drug-likeness (QED) is 0.766. The summed E-state index contributed by atoms with van der Waals surface area (Å²) in [6.07, 6.45) is -0.973. The monoisotopic (exact) mass is 326 g/mol. The molecule has 1 aliphatic carbocycles. The lowest BCUT2D eigenvalue weighted by atomic mass is 9.73. The molecule has 2 rings (SSSR count). The average molecular weight is 326 g/mol. The summed E-state index contributed by atoms with van der Waals surface area (Å²) >= 11 is 0. The fourth-order valence-electron chi connectivity index (χ4n) is 2.95. The van der Waals surface area contributed by atoms with Gasteiger partial charge in [0, 0.05) is 11.8 Å². The summed E-state index contributed by atoms with van der Waals surface area (Å²) in [4.78, 5) is 36.9. The summed E-state index contributed by atoms with van der Waals surface area (Å²) in [6.45, 7) is 6.87. The Morgan fingerprint density at radius 2 is 1.87 bits per heavy atom. The van der Waals surface area contributed by atoms with Crippen LogP contribution in [0.4, 0.5) is 0 Å². The smallest absolute Gasteiger partial charge is 0.351 e. The molecular weight excluding hydrogens is 304 g/mol. The van der Waals surface area contributed by atoms with Crippen LogP contribution in [0.25, 0.3) is 0 Å². The third-order valence-corrected chi connectivity index (χ3v) is 4.18. The first-order valence-electron chi connectivity index (χ1n) is 7.71. The third-order valence-electron chi connectivity index (χ3n) is 4.18. The van der Waals surface area contributed by atoms with Crippen LogP contribution in [0.2, 0.25) is 0 Å². The largest absolute Gasteiger partial charge is 0.478 e. The number of esters is 2. The van der Waals surface area contributed by atoms with Crippen molar-refractivity contribution in [2.24, 2.45) is 5.41 Å². The Balaban J connectivity index is 2.57.